The zero-order valence-electron chi connectivity index (χ0n) is 17.1. The van der Waals surface area contributed by atoms with Gasteiger partial charge in [-0.15, -0.1) is 0 Å². The minimum Gasteiger partial charge on any atom is -0.351 e. The number of hydrogen-bond donors (Lipinski definition) is 3. The van der Waals surface area contributed by atoms with Crippen molar-refractivity contribution in [2.24, 2.45) is 5.41 Å². The van der Waals surface area contributed by atoms with Crippen LogP contribution >= 0.6 is 34.8 Å². The summed E-state index contributed by atoms with van der Waals surface area (Å²) >= 11 is 17.6. The van der Waals surface area contributed by atoms with Crippen LogP contribution in [0.25, 0.3) is 0 Å². The molecule has 0 unspecified atom stereocenters. The Hall–Kier alpha value is -1.84. The van der Waals surface area contributed by atoms with E-state index in [0.29, 0.717) is 11.3 Å². The lowest BCUT2D eigenvalue weighted by molar-refractivity contribution is -0.123. The molecule has 0 aliphatic rings. The largest absolute Gasteiger partial charge is 0.351 e. The summed E-state index contributed by atoms with van der Waals surface area (Å²) in [7, 11) is -3.94. The number of halogens is 3. The van der Waals surface area contributed by atoms with Crippen molar-refractivity contribution < 1.29 is 18.0 Å². The van der Waals surface area contributed by atoms with Crippen molar-refractivity contribution in [2.45, 2.75) is 25.7 Å². The number of hydrogen-bond acceptors (Lipinski definition) is 4. The van der Waals surface area contributed by atoms with Crippen molar-refractivity contribution in [3.8, 4) is 0 Å². The van der Waals surface area contributed by atoms with E-state index in [1.54, 1.807) is 45.0 Å². The average Bonchev–Trinajstić information content (AvgIpc) is 2.67. The Kier molecular flexibility index (Phi) is 8.35. The maximum atomic E-state index is 12.4. The van der Waals surface area contributed by atoms with Gasteiger partial charge in [-0.25, -0.2) is 13.1 Å². The second-order valence-electron chi connectivity index (χ2n) is 7.63. The molecule has 0 radical (unpaired) electrons. The van der Waals surface area contributed by atoms with E-state index in [1.807, 2.05) is 0 Å². The molecule has 0 saturated heterocycles. The molecule has 2 rings (SSSR count). The van der Waals surface area contributed by atoms with Crippen molar-refractivity contribution in [1.82, 2.24) is 10.0 Å². The maximum absolute atomic E-state index is 12.4. The van der Waals surface area contributed by atoms with Crippen molar-refractivity contribution in [3.63, 3.8) is 0 Å². The van der Waals surface area contributed by atoms with Crippen molar-refractivity contribution in [1.29, 1.82) is 0 Å². The number of benzene rings is 2. The summed E-state index contributed by atoms with van der Waals surface area (Å²) < 4.78 is 27.1. The van der Waals surface area contributed by atoms with Crippen LogP contribution in [0.4, 0.5) is 5.69 Å². The van der Waals surface area contributed by atoms with Gasteiger partial charge in [-0.3, -0.25) is 9.59 Å². The molecule has 168 valence electrons. The lowest BCUT2D eigenvalue weighted by Crippen LogP contribution is -2.34. The smallest absolute Gasteiger partial charge is 0.251 e. The van der Waals surface area contributed by atoms with Crippen LogP contribution in [-0.4, -0.2) is 33.3 Å². The van der Waals surface area contributed by atoms with Crippen molar-refractivity contribution in [2.75, 3.05) is 18.4 Å². The van der Waals surface area contributed by atoms with Crippen LogP contribution < -0.4 is 15.4 Å². The van der Waals surface area contributed by atoms with E-state index in [9.17, 15) is 18.0 Å². The Balaban J connectivity index is 1.89. The molecule has 0 aromatic heterocycles. The first-order valence-electron chi connectivity index (χ1n) is 9.15. The first-order chi connectivity index (χ1) is 14.3. The molecule has 31 heavy (non-hydrogen) atoms. The van der Waals surface area contributed by atoms with Crippen molar-refractivity contribution in [3.05, 3.63) is 57.0 Å². The summed E-state index contributed by atoms with van der Waals surface area (Å²) in [5.41, 5.74) is 0.400. The molecule has 2 amide bonds. The fourth-order valence-corrected chi connectivity index (χ4v) is 4.31. The van der Waals surface area contributed by atoms with E-state index in [0.717, 1.165) is 6.07 Å². The van der Waals surface area contributed by atoms with E-state index in [2.05, 4.69) is 15.4 Å². The van der Waals surface area contributed by atoms with E-state index in [-0.39, 0.29) is 44.9 Å². The molecule has 0 saturated carbocycles. The number of sulfonamides is 1. The Morgan fingerprint density at radius 2 is 1.48 bits per heavy atom. The Morgan fingerprint density at radius 1 is 0.903 bits per heavy atom. The minimum absolute atomic E-state index is 0.0412. The summed E-state index contributed by atoms with van der Waals surface area (Å²) in [6, 6.07) is 8.77. The Morgan fingerprint density at radius 3 is 2.06 bits per heavy atom. The molecule has 0 aliphatic heterocycles. The molecule has 2 aromatic rings. The number of rotatable bonds is 7. The number of nitrogens with one attached hydrogen (secondary N) is 3. The molecule has 7 nitrogen and oxygen atoms in total. The number of anilines is 1. The summed E-state index contributed by atoms with van der Waals surface area (Å²) in [6.07, 6.45) is 0. The summed E-state index contributed by atoms with van der Waals surface area (Å²) in [5.74, 6) is -0.528. The van der Waals surface area contributed by atoms with Crippen LogP contribution in [0.15, 0.2) is 41.3 Å². The van der Waals surface area contributed by atoms with Gasteiger partial charge >= 0.3 is 0 Å². The number of carbonyl (C=O) groups excluding carboxylic acids is 2. The van der Waals surface area contributed by atoms with Gasteiger partial charge in [0.05, 0.1) is 15.1 Å². The highest BCUT2D eigenvalue weighted by Crippen LogP contribution is 2.31. The maximum Gasteiger partial charge on any atom is 0.251 e. The van der Waals surface area contributed by atoms with E-state index in [1.165, 1.54) is 6.07 Å². The Labute approximate surface area is 196 Å². The number of amides is 2. The lowest BCUT2D eigenvalue weighted by Gasteiger charge is -2.17. The van der Waals surface area contributed by atoms with E-state index in [4.69, 9.17) is 34.8 Å². The number of carbonyl (C=O) groups is 2. The second-order valence-corrected chi connectivity index (χ2v) is 10.6. The summed E-state index contributed by atoms with van der Waals surface area (Å²) in [5, 5.41) is 5.51. The molecule has 0 spiro atoms. The third kappa shape index (κ3) is 7.08. The molecular formula is C20H22Cl3N3O4S. The standard InChI is InChI=1S/C20H22Cl3N3O4S/c1-20(2,3)19(28)26-13-6-4-12(5-7-13)18(27)24-8-9-25-31(29,30)17-11-15(22)14(21)10-16(17)23/h4-7,10-11,25H,8-9H2,1-3H3,(H,24,27)(H,26,28). The van der Waals surface area contributed by atoms with Gasteiger partial charge in [0.15, 0.2) is 0 Å². The topological polar surface area (TPSA) is 104 Å². The minimum atomic E-state index is -3.94. The fraction of sp³-hybridized carbons (Fsp3) is 0.300. The molecule has 0 heterocycles. The highest BCUT2D eigenvalue weighted by Gasteiger charge is 2.21. The van der Waals surface area contributed by atoms with Gasteiger partial charge in [0.25, 0.3) is 5.91 Å². The van der Waals surface area contributed by atoms with Gasteiger partial charge in [0.2, 0.25) is 15.9 Å². The van der Waals surface area contributed by atoms with Gasteiger partial charge in [0, 0.05) is 29.8 Å². The van der Waals surface area contributed by atoms with Crippen LogP contribution in [0.2, 0.25) is 15.1 Å². The first kappa shape index (κ1) is 25.4. The van der Waals surface area contributed by atoms with Gasteiger partial charge in [-0.1, -0.05) is 55.6 Å². The normalized spacial score (nSPS) is 11.8. The zero-order chi connectivity index (χ0) is 23.4. The average molecular weight is 507 g/mol. The summed E-state index contributed by atoms with van der Waals surface area (Å²) in [4.78, 5) is 24.0. The third-order valence-electron chi connectivity index (χ3n) is 4.05. The van der Waals surface area contributed by atoms with Crippen molar-refractivity contribution >= 4 is 62.3 Å². The zero-order valence-corrected chi connectivity index (χ0v) is 20.1. The van der Waals surface area contributed by atoms with Crippen LogP contribution in [0.1, 0.15) is 31.1 Å². The fourth-order valence-electron chi connectivity index (χ4n) is 2.28. The monoisotopic (exact) mass is 505 g/mol. The van der Waals surface area contributed by atoms with Crippen LogP contribution in [0, 0.1) is 5.41 Å². The molecule has 0 bridgehead atoms. The Bertz CT molecular complexity index is 1080. The third-order valence-corrected chi connectivity index (χ3v) is 6.70. The molecular weight excluding hydrogens is 485 g/mol. The van der Waals surface area contributed by atoms with E-state index >= 15 is 0 Å². The van der Waals surface area contributed by atoms with Gasteiger partial charge < -0.3 is 10.6 Å². The van der Waals surface area contributed by atoms with Gasteiger partial charge in [0.1, 0.15) is 4.90 Å². The molecule has 0 fully saturated rings. The van der Waals surface area contributed by atoms with Crippen LogP contribution in [-0.2, 0) is 14.8 Å². The molecule has 3 N–H and O–H groups in total. The SMILES string of the molecule is CC(C)(C)C(=O)Nc1ccc(C(=O)NCCNS(=O)(=O)c2cc(Cl)c(Cl)cc2Cl)cc1. The van der Waals surface area contributed by atoms with Crippen LogP contribution in [0.3, 0.4) is 0 Å². The highest BCUT2D eigenvalue weighted by molar-refractivity contribution is 7.89. The van der Waals surface area contributed by atoms with Crippen LogP contribution in [0.5, 0.6) is 0 Å². The molecule has 0 aliphatic carbocycles. The van der Waals surface area contributed by atoms with E-state index < -0.39 is 15.4 Å². The molecule has 0 atom stereocenters. The quantitative estimate of drug-likeness (QED) is 0.384. The molecule has 11 heteroatoms. The van der Waals surface area contributed by atoms with Gasteiger partial charge in [-0.05, 0) is 36.4 Å². The highest BCUT2D eigenvalue weighted by atomic mass is 35.5. The predicted octanol–water partition coefficient (Wildman–Crippen LogP) is 4.34. The predicted molar refractivity (Wildman–Crippen MR) is 124 cm³/mol. The molecule has 2 aromatic carbocycles. The van der Waals surface area contributed by atoms with Gasteiger partial charge in [-0.2, -0.15) is 0 Å². The summed E-state index contributed by atoms with van der Waals surface area (Å²) in [6.45, 7) is 5.37. The first-order valence-corrected chi connectivity index (χ1v) is 11.8. The second kappa shape index (κ2) is 10.2. The lowest BCUT2D eigenvalue weighted by atomic mass is 9.95.